The average molecular weight is 350 g/mol. The number of carbonyl (C=O) groups excluding carboxylic acids is 1. The van der Waals surface area contributed by atoms with Crippen LogP contribution in [0.2, 0.25) is 0 Å². The summed E-state index contributed by atoms with van der Waals surface area (Å²) in [5.74, 6) is -0.00901. The Hall–Kier alpha value is -2.46. The van der Waals surface area contributed by atoms with Crippen LogP contribution >= 0.6 is 11.3 Å². The van der Waals surface area contributed by atoms with Gasteiger partial charge in [0.25, 0.3) is 0 Å². The molecule has 0 aliphatic rings. The quantitative estimate of drug-likeness (QED) is 0.690. The Kier molecular flexibility index (Phi) is 5.29. The minimum absolute atomic E-state index is 0.00901. The summed E-state index contributed by atoms with van der Waals surface area (Å²) in [4.78, 5) is 18.1. The molecule has 0 fully saturated rings. The van der Waals surface area contributed by atoms with Crippen LogP contribution in [0.5, 0.6) is 0 Å². The molecule has 0 aliphatic carbocycles. The lowest BCUT2D eigenvalue weighted by atomic mass is 10.1. The van der Waals surface area contributed by atoms with Gasteiger partial charge in [0.15, 0.2) is 0 Å². The smallest absolute Gasteiger partial charge is 0.229 e. The molecule has 0 saturated carbocycles. The first-order valence-electron chi connectivity index (χ1n) is 8.47. The predicted molar refractivity (Wildman–Crippen MR) is 105 cm³/mol. The van der Waals surface area contributed by atoms with Crippen LogP contribution < -0.4 is 5.32 Å². The summed E-state index contributed by atoms with van der Waals surface area (Å²) in [5, 5.41) is 3.98. The van der Waals surface area contributed by atoms with Crippen molar-refractivity contribution in [2.24, 2.45) is 0 Å². The molecule has 2 aromatic carbocycles. The van der Waals surface area contributed by atoms with Crippen molar-refractivity contribution in [2.75, 3.05) is 5.32 Å². The maximum atomic E-state index is 12.5. The molecule has 3 rings (SSSR count). The van der Waals surface area contributed by atoms with Crippen molar-refractivity contribution >= 4 is 22.9 Å². The van der Waals surface area contributed by atoms with E-state index >= 15 is 0 Å². The summed E-state index contributed by atoms with van der Waals surface area (Å²) in [7, 11) is 0. The number of benzene rings is 2. The third-order valence-electron chi connectivity index (χ3n) is 4.07. The third kappa shape index (κ3) is 4.34. The van der Waals surface area contributed by atoms with Gasteiger partial charge in [-0.05, 0) is 38.0 Å². The average Bonchev–Trinajstić information content (AvgIpc) is 2.95. The molecule has 0 radical (unpaired) electrons. The zero-order valence-corrected chi connectivity index (χ0v) is 15.6. The highest BCUT2D eigenvalue weighted by Crippen LogP contribution is 2.29. The Balaban J connectivity index is 1.78. The maximum absolute atomic E-state index is 12.5. The van der Waals surface area contributed by atoms with E-state index in [1.807, 2.05) is 25.1 Å². The van der Waals surface area contributed by atoms with Crippen molar-refractivity contribution in [3.63, 3.8) is 0 Å². The van der Waals surface area contributed by atoms with Crippen LogP contribution in [-0.4, -0.2) is 10.9 Å². The molecule has 25 heavy (non-hydrogen) atoms. The Morgan fingerprint density at radius 3 is 2.60 bits per heavy atom. The summed E-state index contributed by atoms with van der Waals surface area (Å²) >= 11 is 1.59. The molecule has 128 valence electrons. The highest BCUT2D eigenvalue weighted by molar-refractivity contribution is 7.12. The van der Waals surface area contributed by atoms with Gasteiger partial charge in [-0.3, -0.25) is 4.79 Å². The molecule has 4 heteroatoms. The molecular formula is C21H22N2OS. The number of thiazole rings is 1. The maximum Gasteiger partial charge on any atom is 0.229 e. The molecule has 0 aliphatic heterocycles. The second kappa shape index (κ2) is 7.62. The molecule has 1 aromatic heterocycles. The molecule has 0 unspecified atom stereocenters. The summed E-state index contributed by atoms with van der Waals surface area (Å²) in [5.41, 5.74) is 5.26. The minimum Gasteiger partial charge on any atom is -0.326 e. The van der Waals surface area contributed by atoms with Crippen LogP contribution in [-0.2, 0) is 17.6 Å². The van der Waals surface area contributed by atoms with E-state index in [0.717, 1.165) is 33.3 Å². The fraction of sp³-hybridized carbons (Fsp3) is 0.238. The normalized spacial score (nSPS) is 10.7. The SMILES string of the molecule is CCc1cccc(NC(=O)Cc2sc(C)nc2-c2ccc(C)cc2)c1. The third-order valence-corrected chi connectivity index (χ3v) is 5.04. The summed E-state index contributed by atoms with van der Waals surface area (Å²) < 4.78 is 0. The predicted octanol–water partition coefficient (Wildman–Crippen LogP) is 5.17. The Bertz CT molecular complexity index is 881. The van der Waals surface area contributed by atoms with E-state index in [0.29, 0.717) is 6.42 Å². The van der Waals surface area contributed by atoms with E-state index in [9.17, 15) is 4.79 Å². The zero-order valence-electron chi connectivity index (χ0n) is 14.8. The fourth-order valence-electron chi connectivity index (χ4n) is 2.75. The van der Waals surface area contributed by atoms with Gasteiger partial charge in [-0.25, -0.2) is 4.98 Å². The van der Waals surface area contributed by atoms with Gasteiger partial charge in [-0.2, -0.15) is 0 Å². The first-order chi connectivity index (χ1) is 12.0. The highest BCUT2D eigenvalue weighted by Gasteiger charge is 2.15. The monoisotopic (exact) mass is 350 g/mol. The summed E-state index contributed by atoms with van der Waals surface area (Å²) in [6.45, 7) is 6.15. The number of aryl methyl sites for hydroxylation is 3. The molecule has 1 heterocycles. The van der Waals surface area contributed by atoms with Gasteiger partial charge >= 0.3 is 0 Å². The summed E-state index contributed by atoms with van der Waals surface area (Å²) in [6.07, 6.45) is 1.29. The molecule has 0 saturated heterocycles. The molecule has 0 spiro atoms. The molecule has 0 bridgehead atoms. The zero-order chi connectivity index (χ0) is 17.8. The van der Waals surface area contributed by atoms with Crippen LogP contribution in [0.1, 0.15) is 27.9 Å². The van der Waals surface area contributed by atoms with Crippen molar-refractivity contribution in [1.82, 2.24) is 4.98 Å². The molecular weight excluding hydrogens is 328 g/mol. The van der Waals surface area contributed by atoms with Crippen molar-refractivity contribution in [1.29, 1.82) is 0 Å². The first kappa shape index (κ1) is 17.4. The number of carbonyl (C=O) groups is 1. The lowest BCUT2D eigenvalue weighted by Gasteiger charge is -2.07. The Morgan fingerprint density at radius 2 is 1.88 bits per heavy atom. The molecule has 3 nitrogen and oxygen atoms in total. The van der Waals surface area contributed by atoms with Crippen LogP contribution in [0.15, 0.2) is 48.5 Å². The molecule has 1 amide bonds. The standard InChI is InChI=1S/C21H22N2OS/c1-4-16-6-5-7-18(12-16)23-20(24)13-19-21(22-15(3)25-19)17-10-8-14(2)9-11-17/h5-12H,4,13H2,1-3H3,(H,23,24). The number of amides is 1. The lowest BCUT2D eigenvalue weighted by molar-refractivity contribution is -0.115. The number of anilines is 1. The topological polar surface area (TPSA) is 42.0 Å². The fourth-order valence-corrected chi connectivity index (χ4v) is 3.70. The van der Waals surface area contributed by atoms with Crippen LogP contribution in [0, 0.1) is 13.8 Å². The number of hydrogen-bond acceptors (Lipinski definition) is 3. The van der Waals surface area contributed by atoms with E-state index in [1.165, 1.54) is 11.1 Å². The molecule has 1 N–H and O–H groups in total. The number of hydrogen-bond donors (Lipinski definition) is 1. The van der Waals surface area contributed by atoms with Crippen molar-refractivity contribution in [2.45, 2.75) is 33.6 Å². The van der Waals surface area contributed by atoms with Crippen molar-refractivity contribution < 1.29 is 4.79 Å². The van der Waals surface area contributed by atoms with Crippen molar-refractivity contribution in [3.05, 3.63) is 69.5 Å². The second-order valence-corrected chi connectivity index (χ2v) is 7.44. The van der Waals surface area contributed by atoms with Gasteiger partial charge < -0.3 is 5.32 Å². The van der Waals surface area contributed by atoms with E-state index in [-0.39, 0.29) is 5.91 Å². The van der Waals surface area contributed by atoms with Crippen molar-refractivity contribution in [3.8, 4) is 11.3 Å². The van der Waals surface area contributed by atoms with Crippen LogP contribution in [0.25, 0.3) is 11.3 Å². The lowest BCUT2D eigenvalue weighted by Crippen LogP contribution is -2.14. The van der Waals surface area contributed by atoms with Gasteiger partial charge in [-0.15, -0.1) is 11.3 Å². The van der Waals surface area contributed by atoms with Gasteiger partial charge in [0.1, 0.15) is 0 Å². The highest BCUT2D eigenvalue weighted by atomic mass is 32.1. The minimum atomic E-state index is -0.00901. The van der Waals surface area contributed by atoms with E-state index in [1.54, 1.807) is 11.3 Å². The Labute approximate surface area is 152 Å². The first-order valence-corrected chi connectivity index (χ1v) is 9.29. The van der Waals surface area contributed by atoms with E-state index in [4.69, 9.17) is 0 Å². The van der Waals surface area contributed by atoms with Gasteiger partial charge in [0.05, 0.1) is 17.1 Å². The molecule has 3 aromatic rings. The number of rotatable bonds is 5. The van der Waals surface area contributed by atoms with E-state index in [2.05, 4.69) is 54.5 Å². The van der Waals surface area contributed by atoms with Crippen LogP contribution in [0.4, 0.5) is 5.69 Å². The van der Waals surface area contributed by atoms with Crippen LogP contribution in [0.3, 0.4) is 0 Å². The van der Waals surface area contributed by atoms with Gasteiger partial charge in [0.2, 0.25) is 5.91 Å². The largest absolute Gasteiger partial charge is 0.326 e. The number of aromatic nitrogens is 1. The number of nitrogens with one attached hydrogen (secondary N) is 1. The number of nitrogens with zero attached hydrogens (tertiary/aromatic N) is 1. The Morgan fingerprint density at radius 1 is 1.12 bits per heavy atom. The molecule has 0 atom stereocenters. The van der Waals surface area contributed by atoms with Gasteiger partial charge in [-0.1, -0.05) is 48.9 Å². The van der Waals surface area contributed by atoms with Gasteiger partial charge in [0, 0.05) is 16.1 Å². The second-order valence-electron chi connectivity index (χ2n) is 6.15. The summed E-state index contributed by atoms with van der Waals surface area (Å²) in [6, 6.07) is 16.3. The van der Waals surface area contributed by atoms with E-state index < -0.39 is 0 Å².